The summed E-state index contributed by atoms with van der Waals surface area (Å²) in [7, 11) is -3.25. The van der Waals surface area contributed by atoms with Crippen LogP contribution in [0.15, 0.2) is 0 Å². The Hall–Kier alpha value is -1.96. The molecule has 1 rings (SSSR count). The molecule has 0 atom stereocenters. The van der Waals surface area contributed by atoms with E-state index in [0.29, 0.717) is 0 Å². The molecule has 7 nitrogen and oxygen atoms in total. The first-order valence-electron chi connectivity index (χ1n) is 5.78. The number of hydrogen-bond acceptors (Lipinski definition) is 6. The van der Waals surface area contributed by atoms with Gasteiger partial charge in [0.2, 0.25) is 0 Å². The van der Waals surface area contributed by atoms with Crippen molar-refractivity contribution in [2.75, 3.05) is 29.6 Å². The summed E-state index contributed by atoms with van der Waals surface area (Å²) in [5, 5.41) is 15.1. The monoisotopic (exact) mass is 325 g/mol. The summed E-state index contributed by atoms with van der Waals surface area (Å²) in [6, 6.07) is 1.73. The van der Waals surface area contributed by atoms with Crippen molar-refractivity contribution in [2.24, 2.45) is 0 Å². The van der Waals surface area contributed by atoms with Gasteiger partial charge in [0, 0.05) is 12.8 Å². The molecule has 0 bridgehead atoms. The minimum Gasteiger partial charge on any atom is -0.383 e. The first-order chi connectivity index (χ1) is 9.53. The molecule has 0 fully saturated rings. The van der Waals surface area contributed by atoms with Crippen molar-refractivity contribution in [1.29, 1.82) is 5.26 Å². The van der Waals surface area contributed by atoms with Crippen molar-refractivity contribution in [3.63, 3.8) is 0 Å². The van der Waals surface area contributed by atoms with Gasteiger partial charge in [-0.1, -0.05) is 0 Å². The summed E-state index contributed by atoms with van der Waals surface area (Å²) in [5.74, 6) is -0.422. The molecule has 0 radical (unpaired) electrons. The molecule has 0 aromatic carbocycles. The molecule has 0 aliphatic carbocycles. The van der Waals surface area contributed by atoms with E-state index in [-0.39, 0.29) is 29.5 Å². The lowest BCUT2D eigenvalue weighted by Gasteiger charge is -2.06. The van der Waals surface area contributed by atoms with E-state index in [9.17, 15) is 21.6 Å². The van der Waals surface area contributed by atoms with E-state index >= 15 is 0 Å². The predicted molar refractivity (Wildman–Crippen MR) is 70.2 cm³/mol. The molecular formula is C10H14F3N5O2S. The van der Waals surface area contributed by atoms with E-state index < -0.39 is 29.0 Å². The smallest absolute Gasteiger partial charge is 0.383 e. The zero-order valence-corrected chi connectivity index (χ0v) is 11.9. The molecule has 3 N–H and O–H groups in total. The number of nitriles is 1. The molecule has 11 heteroatoms. The lowest BCUT2D eigenvalue weighted by atomic mass is 10.3. The molecular weight excluding hydrogens is 311 g/mol. The molecule has 0 aliphatic heterocycles. The number of nitrogens with two attached hydrogens (primary N) is 1. The highest BCUT2D eigenvalue weighted by molar-refractivity contribution is 7.90. The number of nitrogen functional groups attached to an aromatic ring is 1. The third-order valence-electron chi connectivity index (χ3n) is 2.48. The van der Waals surface area contributed by atoms with Crippen molar-refractivity contribution in [1.82, 2.24) is 9.78 Å². The van der Waals surface area contributed by atoms with Gasteiger partial charge in [-0.15, -0.1) is 0 Å². The van der Waals surface area contributed by atoms with Gasteiger partial charge >= 0.3 is 6.18 Å². The molecule has 0 spiro atoms. The summed E-state index contributed by atoms with van der Waals surface area (Å²) < 4.78 is 59.4. The minimum atomic E-state index is -4.33. The van der Waals surface area contributed by atoms with Gasteiger partial charge in [0.05, 0.1) is 18.7 Å². The third kappa shape index (κ3) is 5.50. The van der Waals surface area contributed by atoms with E-state index in [1.165, 1.54) is 0 Å². The first-order valence-corrected chi connectivity index (χ1v) is 7.84. The van der Waals surface area contributed by atoms with Gasteiger partial charge in [0.1, 0.15) is 27.3 Å². The Bertz CT molecular complexity index is 645. The maximum atomic E-state index is 12.1. The predicted octanol–water partition coefficient (Wildman–Crippen LogP) is 0.746. The van der Waals surface area contributed by atoms with E-state index in [4.69, 9.17) is 11.0 Å². The topological polar surface area (TPSA) is 114 Å². The van der Waals surface area contributed by atoms with Crippen LogP contribution in [0.3, 0.4) is 0 Å². The number of aromatic nitrogens is 2. The maximum absolute atomic E-state index is 12.1. The normalized spacial score (nSPS) is 12.1. The summed E-state index contributed by atoms with van der Waals surface area (Å²) >= 11 is 0. The first kappa shape index (κ1) is 17.1. The van der Waals surface area contributed by atoms with Crippen molar-refractivity contribution < 1.29 is 21.6 Å². The average Bonchev–Trinajstić information content (AvgIpc) is 2.60. The van der Waals surface area contributed by atoms with Gasteiger partial charge in [0.15, 0.2) is 5.82 Å². The number of nitrogens with one attached hydrogen (secondary N) is 1. The van der Waals surface area contributed by atoms with E-state index in [1.54, 1.807) is 6.07 Å². The van der Waals surface area contributed by atoms with Crippen LogP contribution in [-0.4, -0.2) is 42.9 Å². The third-order valence-corrected chi connectivity index (χ3v) is 3.40. The zero-order chi connectivity index (χ0) is 16.3. The quantitative estimate of drug-likeness (QED) is 0.797. The van der Waals surface area contributed by atoms with Gasteiger partial charge in [-0.05, 0) is 0 Å². The van der Waals surface area contributed by atoms with Crippen LogP contribution in [0.1, 0.15) is 12.0 Å². The van der Waals surface area contributed by atoms with Crippen LogP contribution in [0.4, 0.5) is 24.8 Å². The Morgan fingerprint density at radius 1 is 1.48 bits per heavy atom. The number of anilines is 2. The standard InChI is InChI=1S/C10H14F3N5O2S/c1-21(19,20)5-4-18-8(15)7(6-14)9(17-18)16-3-2-10(11,12)13/h2-5,15H2,1H3,(H,16,17). The molecule has 0 aliphatic rings. The Labute approximate surface area is 119 Å². The second-order valence-electron chi connectivity index (χ2n) is 4.37. The molecule has 0 unspecified atom stereocenters. The maximum Gasteiger partial charge on any atom is 0.390 e. The fraction of sp³-hybridized carbons (Fsp3) is 0.600. The van der Waals surface area contributed by atoms with Crippen LogP contribution in [0.2, 0.25) is 0 Å². The Balaban J connectivity index is 2.83. The SMILES string of the molecule is CS(=O)(=O)CCn1nc(NCCC(F)(F)F)c(C#N)c1N. The highest BCUT2D eigenvalue weighted by Crippen LogP contribution is 2.23. The highest BCUT2D eigenvalue weighted by atomic mass is 32.2. The zero-order valence-electron chi connectivity index (χ0n) is 11.1. The van der Waals surface area contributed by atoms with Crippen molar-refractivity contribution in [3.05, 3.63) is 5.56 Å². The highest BCUT2D eigenvalue weighted by Gasteiger charge is 2.27. The second-order valence-corrected chi connectivity index (χ2v) is 6.63. The molecule has 0 saturated carbocycles. The molecule has 118 valence electrons. The van der Waals surface area contributed by atoms with Crippen LogP contribution in [0.25, 0.3) is 0 Å². The number of rotatable bonds is 6. The van der Waals surface area contributed by atoms with Crippen LogP contribution in [0.5, 0.6) is 0 Å². The molecule has 1 aromatic heterocycles. The van der Waals surface area contributed by atoms with Crippen molar-refractivity contribution in [2.45, 2.75) is 19.1 Å². The second kappa shape index (κ2) is 6.21. The number of nitrogens with zero attached hydrogens (tertiary/aromatic N) is 3. The number of halogens is 3. The largest absolute Gasteiger partial charge is 0.390 e. The van der Waals surface area contributed by atoms with Crippen LogP contribution in [0, 0.1) is 11.3 Å². The summed E-state index contributed by atoms with van der Waals surface area (Å²) in [5.41, 5.74) is 5.52. The molecule has 1 aromatic rings. The van der Waals surface area contributed by atoms with Crippen molar-refractivity contribution in [3.8, 4) is 6.07 Å². The molecule has 0 amide bonds. The average molecular weight is 325 g/mol. The molecule has 1 heterocycles. The van der Waals surface area contributed by atoms with Gasteiger partial charge < -0.3 is 11.1 Å². The van der Waals surface area contributed by atoms with Crippen LogP contribution < -0.4 is 11.1 Å². The Morgan fingerprint density at radius 2 is 2.10 bits per heavy atom. The lowest BCUT2D eigenvalue weighted by Crippen LogP contribution is -2.16. The number of alkyl halides is 3. The number of aryl methyl sites for hydroxylation is 1. The summed E-state index contributed by atoms with van der Waals surface area (Å²) in [6.07, 6.45) is -4.39. The van der Waals surface area contributed by atoms with E-state index in [0.717, 1.165) is 10.9 Å². The van der Waals surface area contributed by atoms with Gasteiger partial charge in [-0.25, -0.2) is 13.1 Å². The number of hydrogen-bond donors (Lipinski definition) is 2. The van der Waals surface area contributed by atoms with Crippen molar-refractivity contribution >= 4 is 21.5 Å². The van der Waals surface area contributed by atoms with E-state index in [2.05, 4.69) is 10.4 Å². The minimum absolute atomic E-state index is 0.0830. The Morgan fingerprint density at radius 3 is 2.57 bits per heavy atom. The van der Waals surface area contributed by atoms with Gasteiger partial charge in [0.25, 0.3) is 0 Å². The van der Waals surface area contributed by atoms with E-state index in [1.807, 2.05) is 0 Å². The van der Waals surface area contributed by atoms with Gasteiger partial charge in [-0.3, -0.25) is 0 Å². The molecule has 0 saturated heterocycles. The summed E-state index contributed by atoms with van der Waals surface area (Å²) in [4.78, 5) is 0. The fourth-order valence-corrected chi connectivity index (χ4v) is 1.96. The lowest BCUT2D eigenvalue weighted by molar-refractivity contribution is -0.131. The van der Waals surface area contributed by atoms with Crippen LogP contribution >= 0.6 is 0 Å². The van der Waals surface area contributed by atoms with Crippen LogP contribution in [-0.2, 0) is 16.4 Å². The fourth-order valence-electron chi connectivity index (χ4n) is 1.45. The summed E-state index contributed by atoms with van der Waals surface area (Å²) in [6.45, 7) is -0.541. The van der Waals surface area contributed by atoms with Gasteiger partial charge in [-0.2, -0.15) is 23.5 Å². The Kier molecular flexibility index (Phi) is 5.06. The molecule has 21 heavy (non-hydrogen) atoms. The number of sulfone groups is 1.